The van der Waals surface area contributed by atoms with Crippen LogP contribution in [0, 0.1) is 11.6 Å². The second kappa shape index (κ2) is 13.9. The largest absolute Gasteiger partial charge is 0.389 e. The molecule has 1 unspecified atom stereocenters. The summed E-state index contributed by atoms with van der Waals surface area (Å²) in [6.07, 6.45) is -0.151. The summed E-state index contributed by atoms with van der Waals surface area (Å²) in [6.45, 7) is 6.17. The predicted molar refractivity (Wildman–Crippen MR) is 150 cm³/mol. The van der Waals surface area contributed by atoms with E-state index in [1.54, 1.807) is 9.80 Å². The Labute approximate surface area is 239 Å². The highest BCUT2D eigenvalue weighted by Gasteiger charge is 2.43. The lowest BCUT2D eigenvalue weighted by atomic mass is 9.93. The van der Waals surface area contributed by atoms with Gasteiger partial charge < -0.3 is 30.4 Å². The maximum Gasteiger partial charge on any atom is 0.320 e. The van der Waals surface area contributed by atoms with Gasteiger partial charge in [0.2, 0.25) is 11.8 Å². The Bertz CT molecular complexity index is 1200. The van der Waals surface area contributed by atoms with Crippen LogP contribution in [-0.4, -0.2) is 94.6 Å². The molecule has 4 rings (SSSR count). The van der Waals surface area contributed by atoms with Gasteiger partial charge in [-0.25, -0.2) is 13.6 Å². The van der Waals surface area contributed by atoms with E-state index < -0.39 is 41.8 Å². The van der Waals surface area contributed by atoms with Gasteiger partial charge in [-0.3, -0.25) is 9.59 Å². The zero-order valence-electron chi connectivity index (χ0n) is 23.6. The van der Waals surface area contributed by atoms with Crippen molar-refractivity contribution in [2.24, 2.45) is 0 Å². The highest BCUT2D eigenvalue weighted by atomic mass is 19.1. The van der Waals surface area contributed by atoms with E-state index >= 15 is 0 Å². The molecule has 0 aromatic heterocycles. The summed E-state index contributed by atoms with van der Waals surface area (Å²) in [7, 11) is 0. The number of hydrogen-bond acceptors (Lipinski definition) is 5. The number of hydrogen-bond donors (Lipinski definition) is 3. The first-order chi connectivity index (χ1) is 19.7. The minimum Gasteiger partial charge on any atom is -0.389 e. The molecular weight excluding hydrogens is 532 g/mol. The van der Waals surface area contributed by atoms with Crippen LogP contribution in [-0.2, 0) is 22.6 Å². The van der Waals surface area contributed by atoms with E-state index in [-0.39, 0.29) is 30.5 Å². The van der Waals surface area contributed by atoms with Crippen molar-refractivity contribution >= 4 is 17.8 Å². The van der Waals surface area contributed by atoms with Crippen LogP contribution in [0.1, 0.15) is 37.8 Å². The minimum atomic E-state index is -1.42. The molecule has 9 nitrogen and oxygen atoms in total. The van der Waals surface area contributed by atoms with Gasteiger partial charge in [0.1, 0.15) is 23.7 Å². The van der Waals surface area contributed by atoms with Crippen molar-refractivity contribution in [3.8, 4) is 0 Å². The molecule has 0 aliphatic carbocycles. The molecule has 4 amide bonds. The third kappa shape index (κ3) is 7.39. The summed E-state index contributed by atoms with van der Waals surface area (Å²) in [5.41, 5.74) is 1.16. The SMILES string of the molecule is CCCN1CC(C(=O)N[C@@H](Cc2cc(F)cc(F)c2)[C@H](O)[C@@H]2NCCN(Cc3ccccc3)C2=O)N(CCC)C1=O. The quantitative estimate of drug-likeness (QED) is 0.363. The number of halogens is 2. The van der Waals surface area contributed by atoms with Crippen molar-refractivity contribution in [2.45, 2.75) is 63.9 Å². The zero-order valence-corrected chi connectivity index (χ0v) is 23.6. The van der Waals surface area contributed by atoms with Crippen LogP contribution < -0.4 is 10.6 Å². The molecule has 2 saturated heterocycles. The van der Waals surface area contributed by atoms with Crippen LogP contribution >= 0.6 is 0 Å². The maximum atomic E-state index is 14.0. The Morgan fingerprint density at radius 3 is 2.37 bits per heavy atom. The molecule has 0 radical (unpaired) electrons. The van der Waals surface area contributed by atoms with Gasteiger partial charge in [0.15, 0.2) is 0 Å². The molecule has 2 aliphatic rings. The van der Waals surface area contributed by atoms with E-state index in [1.165, 1.54) is 4.90 Å². The maximum absolute atomic E-state index is 14.0. The summed E-state index contributed by atoms with van der Waals surface area (Å²) in [5, 5.41) is 17.4. The van der Waals surface area contributed by atoms with E-state index in [0.717, 1.165) is 30.2 Å². The molecule has 2 aromatic rings. The number of carbonyl (C=O) groups excluding carboxylic acids is 3. The lowest BCUT2D eigenvalue weighted by Gasteiger charge is -2.38. The van der Waals surface area contributed by atoms with Crippen LogP contribution in [0.25, 0.3) is 0 Å². The molecule has 0 spiro atoms. The van der Waals surface area contributed by atoms with E-state index in [1.807, 2.05) is 44.2 Å². The molecule has 222 valence electrons. The van der Waals surface area contributed by atoms with Crippen molar-refractivity contribution in [3.05, 3.63) is 71.3 Å². The fourth-order valence-corrected chi connectivity index (χ4v) is 5.60. The highest BCUT2D eigenvalue weighted by Crippen LogP contribution is 2.20. The van der Waals surface area contributed by atoms with E-state index in [4.69, 9.17) is 0 Å². The predicted octanol–water partition coefficient (Wildman–Crippen LogP) is 2.28. The molecule has 2 fully saturated rings. The van der Waals surface area contributed by atoms with E-state index in [9.17, 15) is 28.3 Å². The molecule has 0 bridgehead atoms. The Morgan fingerprint density at radius 1 is 1.02 bits per heavy atom. The van der Waals surface area contributed by atoms with Gasteiger partial charge >= 0.3 is 6.03 Å². The number of amides is 4. The molecular formula is C30H39F2N5O4. The van der Waals surface area contributed by atoms with Gasteiger partial charge in [0.25, 0.3) is 0 Å². The average molecular weight is 572 g/mol. The highest BCUT2D eigenvalue weighted by molar-refractivity contribution is 5.91. The van der Waals surface area contributed by atoms with Crippen molar-refractivity contribution in [1.82, 2.24) is 25.3 Å². The normalized spacial score (nSPS) is 20.9. The molecule has 2 heterocycles. The van der Waals surface area contributed by atoms with E-state index in [0.29, 0.717) is 39.1 Å². The summed E-state index contributed by atoms with van der Waals surface area (Å²) >= 11 is 0. The summed E-state index contributed by atoms with van der Waals surface area (Å²) in [6, 6.07) is 9.36. The number of piperazine rings is 1. The number of aliphatic hydroxyl groups excluding tert-OH is 1. The van der Waals surface area contributed by atoms with Gasteiger partial charge in [0, 0.05) is 38.8 Å². The monoisotopic (exact) mass is 571 g/mol. The second-order valence-electron chi connectivity index (χ2n) is 10.7. The van der Waals surface area contributed by atoms with Crippen molar-refractivity contribution in [3.63, 3.8) is 0 Å². The Kier molecular flexibility index (Phi) is 10.3. The zero-order chi connectivity index (χ0) is 29.5. The molecule has 3 N–H and O–H groups in total. The third-order valence-corrected chi connectivity index (χ3v) is 7.55. The summed E-state index contributed by atoms with van der Waals surface area (Å²) in [5.74, 6) is -2.40. The van der Waals surface area contributed by atoms with Crippen molar-refractivity contribution in [2.75, 3.05) is 32.7 Å². The summed E-state index contributed by atoms with van der Waals surface area (Å²) in [4.78, 5) is 44.8. The lowest BCUT2D eigenvalue weighted by molar-refractivity contribution is -0.141. The van der Waals surface area contributed by atoms with Gasteiger partial charge in [-0.05, 0) is 42.5 Å². The smallest absolute Gasteiger partial charge is 0.320 e. The van der Waals surface area contributed by atoms with Crippen LogP contribution in [0.15, 0.2) is 48.5 Å². The van der Waals surface area contributed by atoms with Crippen LogP contribution in [0.3, 0.4) is 0 Å². The first kappa shape index (κ1) is 30.4. The first-order valence-corrected chi connectivity index (χ1v) is 14.3. The Balaban J connectivity index is 1.57. The lowest BCUT2D eigenvalue weighted by Crippen LogP contribution is -2.64. The fraction of sp³-hybridized carbons (Fsp3) is 0.500. The van der Waals surface area contributed by atoms with Gasteiger partial charge in [-0.1, -0.05) is 44.2 Å². The molecule has 4 atom stereocenters. The number of carbonyl (C=O) groups is 3. The van der Waals surface area contributed by atoms with Crippen LogP contribution in [0.5, 0.6) is 0 Å². The van der Waals surface area contributed by atoms with Gasteiger partial charge in [0.05, 0.1) is 18.7 Å². The van der Waals surface area contributed by atoms with Gasteiger partial charge in [-0.2, -0.15) is 0 Å². The van der Waals surface area contributed by atoms with Crippen LogP contribution in [0.2, 0.25) is 0 Å². The van der Waals surface area contributed by atoms with Gasteiger partial charge in [-0.15, -0.1) is 0 Å². The topological polar surface area (TPSA) is 105 Å². The standard InChI is InChI=1S/C30H39F2N5O4/c1-3-11-36-19-25(37(12-4-2)30(36)41)28(39)34-24(16-21-14-22(31)17-23(32)15-21)27(38)26-29(40)35(13-10-33-26)18-20-8-6-5-7-9-20/h5-9,14-15,17,24-27,33,38H,3-4,10-13,16,18-19H2,1-2H3,(H,34,39)/t24-,25?,26-,27-/m0/s1. The van der Waals surface area contributed by atoms with Crippen molar-refractivity contribution in [1.29, 1.82) is 0 Å². The van der Waals surface area contributed by atoms with Crippen LogP contribution in [0.4, 0.5) is 13.6 Å². The first-order valence-electron chi connectivity index (χ1n) is 14.3. The number of rotatable bonds is 12. The van der Waals surface area contributed by atoms with Crippen molar-refractivity contribution < 1.29 is 28.3 Å². The molecule has 2 aliphatic heterocycles. The van der Waals surface area contributed by atoms with E-state index in [2.05, 4.69) is 10.6 Å². The molecule has 2 aromatic carbocycles. The molecule has 11 heteroatoms. The Hall–Kier alpha value is -3.57. The fourth-order valence-electron chi connectivity index (χ4n) is 5.60. The molecule has 41 heavy (non-hydrogen) atoms. The minimum absolute atomic E-state index is 0.126. The Morgan fingerprint density at radius 2 is 1.71 bits per heavy atom. The number of benzene rings is 2. The number of urea groups is 1. The summed E-state index contributed by atoms with van der Waals surface area (Å²) < 4.78 is 28.1. The number of nitrogens with one attached hydrogen (secondary N) is 2. The second-order valence-corrected chi connectivity index (χ2v) is 10.7. The third-order valence-electron chi connectivity index (χ3n) is 7.55. The number of aliphatic hydroxyl groups is 1. The number of nitrogens with zero attached hydrogens (tertiary/aromatic N) is 3. The average Bonchev–Trinajstić information content (AvgIpc) is 3.24. The molecule has 0 saturated carbocycles.